The molecule has 0 spiro atoms. The number of aromatic nitrogens is 5. The van der Waals surface area contributed by atoms with Crippen LogP contribution in [0.3, 0.4) is 0 Å². The zero-order chi connectivity index (χ0) is 18.8. The number of anilines is 1. The minimum Gasteiger partial charge on any atom is -0.387 e. The second kappa shape index (κ2) is 7.30. The monoisotopic (exact) mass is 380 g/mol. The Morgan fingerprint density at radius 1 is 1.15 bits per heavy atom. The largest absolute Gasteiger partial charge is 0.387 e. The first-order valence-corrected chi connectivity index (χ1v) is 8.78. The van der Waals surface area contributed by atoms with E-state index in [2.05, 4.69) is 25.4 Å². The topological polar surface area (TPSA) is 88.8 Å². The van der Waals surface area contributed by atoms with Gasteiger partial charge in [0.05, 0.1) is 17.7 Å². The van der Waals surface area contributed by atoms with Crippen molar-refractivity contribution in [2.24, 2.45) is 7.05 Å². The molecule has 0 saturated heterocycles. The molecule has 0 bridgehead atoms. The van der Waals surface area contributed by atoms with Crippen molar-refractivity contribution in [2.75, 3.05) is 11.9 Å². The number of nitrogens with zero attached hydrogens (tertiary/aromatic N) is 5. The number of benzene rings is 1. The highest BCUT2D eigenvalue weighted by Gasteiger charge is 2.15. The summed E-state index contributed by atoms with van der Waals surface area (Å²) in [5.41, 5.74) is 2.21. The number of fused-ring (bicyclic) bond motifs is 1. The number of aliphatic hydroxyl groups excluding tert-OH is 1. The fraction of sp³-hybridized carbons (Fsp3) is 0.158. The molecule has 27 heavy (non-hydrogen) atoms. The number of aryl methyl sites for hydroxylation is 1. The van der Waals surface area contributed by atoms with E-state index < -0.39 is 6.10 Å². The third-order valence-corrected chi connectivity index (χ3v) is 4.60. The normalized spacial score (nSPS) is 12.3. The van der Waals surface area contributed by atoms with Gasteiger partial charge in [-0.25, -0.2) is 9.97 Å². The number of rotatable bonds is 5. The predicted octanol–water partition coefficient (Wildman–Crippen LogP) is 3.22. The van der Waals surface area contributed by atoms with Gasteiger partial charge < -0.3 is 10.4 Å². The Bertz CT molecular complexity index is 1080. The molecule has 0 aliphatic rings. The fourth-order valence-electron chi connectivity index (χ4n) is 2.84. The van der Waals surface area contributed by atoms with Crippen molar-refractivity contribution in [1.82, 2.24) is 24.7 Å². The molecule has 1 atom stereocenters. The molecule has 0 radical (unpaired) electrons. The van der Waals surface area contributed by atoms with Gasteiger partial charge in [0, 0.05) is 42.1 Å². The van der Waals surface area contributed by atoms with Gasteiger partial charge in [-0.2, -0.15) is 5.10 Å². The van der Waals surface area contributed by atoms with E-state index >= 15 is 0 Å². The second-order valence-corrected chi connectivity index (χ2v) is 6.46. The summed E-state index contributed by atoms with van der Waals surface area (Å²) in [5, 5.41) is 19.3. The molecule has 3 heterocycles. The Hall–Kier alpha value is -3.03. The molecule has 0 aliphatic heterocycles. The van der Waals surface area contributed by atoms with Gasteiger partial charge in [-0.05, 0) is 18.2 Å². The zero-order valence-electron chi connectivity index (χ0n) is 14.5. The molecule has 0 saturated carbocycles. The first-order chi connectivity index (χ1) is 13.1. The molecule has 4 aromatic rings. The number of hydrogen-bond acceptors (Lipinski definition) is 6. The molecular formula is C19H17ClN6O. The van der Waals surface area contributed by atoms with E-state index in [0.717, 1.165) is 10.9 Å². The van der Waals surface area contributed by atoms with E-state index in [1.165, 1.54) is 0 Å². The first kappa shape index (κ1) is 17.4. The summed E-state index contributed by atoms with van der Waals surface area (Å²) in [6, 6.07) is 10.9. The van der Waals surface area contributed by atoms with Crippen LogP contribution in [0.5, 0.6) is 0 Å². The minimum absolute atomic E-state index is 0.251. The van der Waals surface area contributed by atoms with E-state index in [0.29, 0.717) is 27.9 Å². The second-order valence-electron chi connectivity index (χ2n) is 6.06. The van der Waals surface area contributed by atoms with Crippen molar-refractivity contribution in [2.45, 2.75) is 6.10 Å². The van der Waals surface area contributed by atoms with Gasteiger partial charge in [0.2, 0.25) is 0 Å². The van der Waals surface area contributed by atoms with Crippen molar-refractivity contribution in [1.29, 1.82) is 0 Å². The minimum atomic E-state index is -0.773. The molecule has 0 amide bonds. The lowest BCUT2D eigenvalue weighted by Crippen LogP contribution is -2.14. The fourth-order valence-corrected chi connectivity index (χ4v) is 3.10. The van der Waals surface area contributed by atoms with Crippen LogP contribution in [0.1, 0.15) is 11.7 Å². The third kappa shape index (κ3) is 3.47. The van der Waals surface area contributed by atoms with Crippen LogP contribution in [0.25, 0.3) is 22.4 Å². The maximum absolute atomic E-state index is 10.5. The van der Waals surface area contributed by atoms with Crippen molar-refractivity contribution >= 4 is 28.5 Å². The zero-order valence-corrected chi connectivity index (χ0v) is 15.3. The summed E-state index contributed by atoms with van der Waals surface area (Å²) in [4.78, 5) is 13.3. The Labute approximate surface area is 160 Å². The number of aliphatic hydroxyl groups is 1. The SMILES string of the molecule is Cn1ncc2c(NC[C@@H](O)c3ccccc3Cl)nc(-c3ccncc3)nc21. The molecule has 0 unspecified atom stereocenters. The van der Waals surface area contributed by atoms with Gasteiger partial charge in [-0.3, -0.25) is 9.67 Å². The van der Waals surface area contributed by atoms with Crippen molar-refractivity contribution in [3.05, 3.63) is 65.6 Å². The summed E-state index contributed by atoms with van der Waals surface area (Å²) in [5.74, 6) is 1.16. The number of pyridine rings is 1. The summed E-state index contributed by atoms with van der Waals surface area (Å²) in [7, 11) is 1.83. The Kier molecular flexibility index (Phi) is 4.70. The smallest absolute Gasteiger partial charge is 0.164 e. The van der Waals surface area contributed by atoms with E-state index in [9.17, 15) is 5.11 Å². The molecule has 0 aliphatic carbocycles. The summed E-state index contributed by atoms with van der Waals surface area (Å²) in [6.45, 7) is 0.251. The quantitative estimate of drug-likeness (QED) is 0.552. The Morgan fingerprint density at radius 2 is 1.93 bits per heavy atom. The number of halogens is 1. The van der Waals surface area contributed by atoms with Crippen LogP contribution in [-0.2, 0) is 7.05 Å². The van der Waals surface area contributed by atoms with Crippen LogP contribution < -0.4 is 5.32 Å². The molecule has 7 nitrogen and oxygen atoms in total. The van der Waals surface area contributed by atoms with E-state index in [-0.39, 0.29) is 6.54 Å². The van der Waals surface area contributed by atoms with Crippen LogP contribution in [0, 0.1) is 0 Å². The van der Waals surface area contributed by atoms with Crippen LogP contribution >= 0.6 is 11.6 Å². The van der Waals surface area contributed by atoms with E-state index in [1.807, 2.05) is 31.3 Å². The molecule has 1 aromatic carbocycles. The van der Waals surface area contributed by atoms with Crippen LogP contribution in [0.4, 0.5) is 5.82 Å². The van der Waals surface area contributed by atoms with Crippen molar-refractivity contribution in [3.63, 3.8) is 0 Å². The first-order valence-electron chi connectivity index (χ1n) is 8.40. The lowest BCUT2D eigenvalue weighted by molar-refractivity contribution is 0.191. The average molecular weight is 381 g/mol. The summed E-state index contributed by atoms with van der Waals surface area (Å²) in [6.07, 6.45) is 4.32. The number of nitrogens with one attached hydrogen (secondary N) is 1. The Balaban J connectivity index is 1.67. The molecule has 8 heteroatoms. The van der Waals surface area contributed by atoms with E-state index in [1.54, 1.807) is 35.4 Å². The summed E-state index contributed by atoms with van der Waals surface area (Å²) < 4.78 is 1.69. The molecule has 4 rings (SSSR count). The predicted molar refractivity (Wildman–Crippen MR) is 104 cm³/mol. The maximum atomic E-state index is 10.5. The Morgan fingerprint density at radius 3 is 2.70 bits per heavy atom. The van der Waals surface area contributed by atoms with Gasteiger partial charge in [0.1, 0.15) is 5.82 Å². The lowest BCUT2D eigenvalue weighted by Gasteiger charge is -2.15. The van der Waals surface area contributed by atoms with Crippen LogP contribution in [-0.4, -0.2) is 36.4 Å². The molecule has 3 aromatic heterocycles. The molecule has 0 fully saturated rings. The van der Waals surface area contributed by atoms with Crippen molar-refractivity contribution < 1.29 is 5.11 Å². The highest BCUT2D eigenvalue weighted by Crippen LogP contribution is 2.26. The van der Waals surface area contributed by atoms with Gasteiger partial charge in [0.15, 0.2) is 11.5 Å². The lowest BCUT2D eigenvalue weighted by atomic mass is 10.1. The molecule has 136 valence electrons. The van der Waals surface area contributed by atoms with Gasteiger partial charge >= 0.3 is 0 Å². The standard InChI is InChI=1S/C19H17ClN6O/c1-26-19-14(10-23-26)18(24-17(25-19)12-6-8-21-9-7-12)22-11-16(27)13-4-2-3-5-15(13)20/h2-10,16,27H,11H2,1H3,(H,22,24,25)/t16-/m1/s1. The maximum Gasteiger partial charge on any atom is 0.164 e. The van der Waals surface area contributed by atoms with Crippen LogP contribution in [0.15, 0.2) is 55.0 Å². The van der Waals surface area contributed by atoms with Crippen molar-refractivity contribution in [3.8, 4) is 11.4 Å². The van der Waals surface area contributed by atoms with Crippen LogP contribution in [0.2, 0.25) is 5.02 Å². The number of hydrogen-bond donors (Lipinski definition) is 2. The van der Waals surface area contributed by atoms with Gasteiger partial charge in [-0.15, -0.1) is 0 Å². The van der Waals surface area contributed by atoms with Gasteiger partial charge in [0.25, 0.3) is 0 Å². The highest BCUT2D eigenvalue weighted by molar-refractivity contribution is 6.31. The molecule has 2 N–H and O–H groups in total. The van der Waals surface area contributed by atoms with Gasteiger partial charge in [-0.1, -0.05) is 29.8 Å². The van der Waals surface area contributed by atoms with E-state index in [4.69, 9.17) is 11.6 Å². The highest BCUT2D eigenvalue weighted by atomic mass is 35.5. The average Bonchev–Trinajstić information content (AvgIpc) is 3.08. The molecular weight excluding hydrogens is 364 g/mol. The third-order valence-electron chi connectivity index (χ3n) is 4.26. The summed E-state index contributed by atoms with van der Waals surface area (Å²) >= 11 is 6.17.